The maximum atomic E-state index is 12.1. The topological polar surface area (TPSA) is 29.1 Å². The van der Waals surface area contributed by atoms with Gasteiger partial charge in [-0.25, -0.2) is 0 Å². The first-order chi connectivity index (χ1) is 7.53. The quantitative estimate of drug-likeness (QED) is 0.872. The van der Waals surface area contributed by atoms with E-state index in [0.29, 0.717) is 17.9 Å². The van der Waals surface area contributed by atoms with E-state index >= 15 is 0 Å². The van der Waals surface area contributed by atoms with E-state index in [-0.39, 0.29) is 0 Å². The van der Waals surface area contributed by atoms with Crippen LogP contribution < -0.4 is 5.32 Å². The predicted octanol–water partition coefficient (Wildman–Crippen LogP) is 2.71. The van der Waals surface area contributed by atoms with Gasteiger partial charge in [0.25, 0.3) is 5.91 Å². The van der Waals surface area contributed by atoms with Gasteiger partial charge in [0.05, 0.1) is 5.54 Å². The fourth-order valence-corrected chi connectivity index (χ4v) is 1.80. The van der Waals surface area contributed by atoms with E-state index in [4.69, 9.17) is 11.6 Å². The van der Waals surface area contributed by atoms with Crippen molar-refractivity contribution in [2.24, 2.45) is 0 Å². The summed E-state index contributed by atoms with van der Waals surface area (Å²) in [7, 11) is 0. The van der Waals surface area contributed by atoms with Gasteiger partial charge in [0.15, 0.2) is 0 Å². The molecule has 86 valence electrons. The molecule has 1 aromatic carbocycles. The van der Waals surface area contributed by atoms with Crippen molar-refractivity contribution in [3.05, 3.63) is 34.9 Å². The zero-order chi connectivity index (χ0) is 11.8. The molecule has 1 aromatic rings. The van der Waals surface area contributed by atoms with E-state index < -0.39 is 17.9 Å². The Kier molecular flexibility index (Phi) is 2.84. The molecule has 1 saturated carbocycles. The Balaban J connectivity index is 2.14. The van der Waals surface area contributed by atoms with Gasteiger partial charge in [0.2, 0.25) is 0 Å². The second-order valence-electron chi connectivity index (χ2n) is 3.88. The third kappa shape index (κ3) is 2.16. The summed E-state index contributed by atoms with van der Waals surface area (Å²) in [4.78, 5) is 11.0. The smallest absolute Gasteiger partial charge is 0.315 e. The summed E-state index contributed by atoms with van der Waals surface area (Å²) in [5, 5.41) is 2.95. The number of hydrogen-bond acceptors (Lipinski definition) is 1. The lowest BCUT2D eigenvalue weighted by Crippen LogP contribution is -2.38. The van der Waals surface area contributed by atoms with Crippen molar-refractivity contribution in [3.63, 3.8) is 0 Å². The molecule has 1 N–H and O–H groups in total. The molecule has 0 unspecified atom stereocenters. The Bertz CT molecular complexity index is 401. The Hall–Kier alpha value is -1.16. The van der Waals surface area contributed by atoms with Crippen LogP contribution in [-0.4, -0.2) is 12.3 Å². The van der Waals surface area contributed by atoms with Crippen LogP contribution in [0.5, 0.6) is 0 Å². The van der Waals surface area contributed by atoms with Gasteiger partial charge in [-0.2, -0.15) is 8.78 Å². The number of carbonyl (C=O) groups is 1. The summed E-state index contributed by atoms with van der Waals surface area (Å²) in [5.74, 6) is -1.22. The van der Waals surface area contributed by atoms with Crippen LogP contribution in [0.25, 0.3) is 0 Å². The molecule has 0 aromatic heterocycles. The van der Waals surface area contributed by atoms with Crippen LogP contribution >= 0.6 is 11.6 Å². The molecule has 5 heteroatoms. The molecule has 1 aliphatic carbocycles. The highest BCUT2D eigenvalue weighted by molar-refractivity contribution is 6.30. The van der Waals surface area contributed by atoms with E-state index in [1.54, 1.807) is 24.3 Å². The lowest BCUT2D eigenvalue weighted by atomic mass is 10.1. The van der Waals surface area contributed by atoms with Gasteiger partial charge in [-0.3, -0.25) is 4.79 Å². The molecule has 1 fully saturated rings. The predicted molar refractivity (Wildman–Crippen MR) is 56.5 cm³/mol. The summed E-state index contributed by atoms with van der Waals surface area (Å²) in [6, 6.07) is 6.87. The molecule has 0 radical (unpaired) electrons. The molecule has 0 saturated heterocycles. The van der Waals surface area contributed by atoms with Gasteiger partial charge in [-0.15, -0.1) is 0 Å². The Morgan fingerprint density at radius 2 is 1.88 bits per heavy atom. The number of halogens is 3. The normalized spacial score (nSPS) is 17.2. The molecule has 0 heterocycles. The highest BCUT2D eigenvalue weighted by Crippen LogP contribution is 2.45. The monoisotopic (exact) mass is 245 g/mol. The van der Waals surface area contributed by atoms with E-state index in [9.17, 15) is 13.6 Å². The first-order valence-corrected chi connectivity index (χ1v) is 5.27. The molecule has 2 rings (SSSR count). The first-order valence-electron chi connectivity index (χ1n) is 4.90. The highest BCUT2D eigenvalue weighted by atomic mass is 35.5. The van der Waals surface area contributed by atoms with Crippen LogP contribution in [0, 0.1) is 0 Å². The Labute approximate surface area is 96.6 Å². The summed E-state index contributed by atoms with van der Waals surface area (Å²) < 4.78 is 24.3. The van der Waals surface area contributed by atoms with Crippen molar-refractivity contribution < 1.29 is 13.6 Å². The molecular formula is C11H10ClF2NO. The maximum absolute atomic E-state index is 12.1. The molecule has 0 spiro atoms. The second-order valence-corrected chi connectivity index (χ2v) is 4.32. The number of hydrogen-bond donors (Lipinski definition) is 1. The molecular weight excluding hydrogens is 236 g/mol. The van der Waals surface area contributed by atoms with E-state index in [0.717, 1.165) is 5.56 Å². The molecule has 2 nitrogen and oxygen atoms in total. The number of nitrogens with one attached hydrogen (secondary N) is 1. The molecule has 0 atom stereocenters. The van der Waals surface area contributed by atoms with Gasteiger partial charge >= 0.3 is 6.43 Å². The van der Waals surface area contributed by atoms with E-state index in [1.807, 2.05) is 0 Å². The fourth-order valence-electron chi connectivity index (χ4n) is 1.67. The molecule has 1 aliphatic rings. The number of amides is 1. The number of alkyl halides is 2. The van der Waals surface area contributed by atoms with Gasteiger partial charge in [0, 0.05) is 5.02 Å². The highest BCUT2D eigenvalue weighted by Gasteiger charge is 2.46. The summed E-state index contributed by atoms with van der Waals surface area (Å²) in [5.41, 5.74) is 0.226. The van der Waals surface area contributed by atoms with Crippen LogP contribution in [0.15, 0.2) is 24.3 Å². The van der Waals surface area contributed by atoms with Crippen LogP contribution in [0.3, 0.4) is 0 Å². The third-order valence-electron chi connectivity index (χ3n) is 2.71. The molecule has 16 heavy (non-hydrogen) atoms. The summed E-state index contributed by atoms with van der Waals surface area (Å²) >= 11 is 5.73. The Morgan fingerprint density at radius 3 is 2.31 bits per heavy atom. The zero-order valence-corrected chi connectivity index (χ0v) is 9.10. The molecule has 0 aliphatic heterocycles. The average Bonchev–Trinajstić information content (AvgIpc) is 2.99. The van der Waals surface area contributed by atoms with E-state index in [1.165, 1.54) is 0 Å². The maximum Gasteiger partial charge on any atom is 0.315 e. The zero-order valence-electron chi connectivity index (χ0n) is 8.34. The van der Waals surface area contributed by atoms with Gasteiger partial charge in [0.1, 0.15) is 0 Å². The fraction of sp³-hybridized carbons (Fsp3) is 0.364. The minimum atomic E-state index is -2.97. The van der Waals surface area contributed by atoms with Crippen LogP contribution in [0.2, 0.25) is 5.02 Å². The van der Waals surface area contributed by atoms with Crippen LogP contribution in [-0.2, 0) is 10.3 Å². The van der Waals surface area contributed by atoms with Crippen molar-refractivity contribution >= 4 is 17.5 Å². The summed E-state index contributed by atoms with van der Waals surface area (Å²) in [6.45, 7) is 0. The van der Waals surface area contributed by atoms with Gasteiger partial charge in [-0.05, 0) is 30.5 Å². The second kappa shape index (κ2) is 4.01. The van der Waals surface area contributed by atoms with Crippen LogP contribution in [0.4, 0.5) is 8.78 Å². The molecule has 1 amide bonds. The number of carbonyl (C=O) groups excluding carboxylic acids is 1. The SMILES string of the molecule is O=C(NC1(c2ccc(Cl)cc2)CC1)C(F)F. The van der Waals surface area contributed by atoms with Crippen molar-refractivity contribution in [1.82, 2.24) is 5.32 Å². The lowest BCUT2D eigenvalue weighted by Gasteiger charge is -2.17. The standard InChI is InChI=1S/C11H10ClF2NO/c12-8-3-1-7(2-4-8)11(5-6-11)15-10(16)9(13)14/h1-4,9H,5-6H2,(H,15,16). The van der Waals surface area contributed by atoms with Crippen molar-refractivity contribution in [2.45, 2.75) is 24.8 Å². The minimum Gasteiger partial charge on any atom is -0.342 e. The van der Waals surface area contributed by atoms with E-state index in [2.05, 4.69) is 5.32 Å². The average molecular weight is 246 g/mol. The lowest BCUT2D eigenvalue weighted by molar-refractivity contribution is -0.132. The van der Waals surface area contributed by atoms with Gasteiger partial charge < -0.3 is 5.32 Å². The molecule has 0 bridgehead atoms. The first kappa shape index (κ1) is 11.3. The van der Waals surface area contributed by atoms with Gasteiger partial charge in [-0.1, -0.05) is 23.7 Å². The number of benzene rings is 1. The largest absolute Gasteiger partial charge is 0.342 e. The van der Waals surface area contributed by atoms with Crippen molar-refractivity contribution in [1.29, 1.82) is 0 Å². The number of rotatable bonds is 3. The van der Waals surface area contributed by atoms with Crippen LogP contribution in [0.1, 0.15) is 18.4 Å². The minimum absolute atomic E-state index is 0.583. The third-order valence-corrected chi connectivity index (χ3v) is 2.96. The Morgan fingerprint density at radius 1 is 1.31 bits per heavy atom. The summed E-state index contributed by atoms with van der Waals surface area (Å²) in [6.07, 6.45) is -1.59. The van der Waals surface area contributed by atoms with Crippen molar-refractivity contribution in [2.75, 3.05) is 0 Å². The van der Waals surface area contributed by atoms with Crippen molar-refractivity contribution in [3.8, 4) is 0 Å².